The van der Waals surface area contributed by atoms with Gasteiger partial charge in [-0.3, -0.25) is 14.8 Å². The number of pyridine rings is 2. The van der Waals surface area contributed by atoms with E-state index in [4.69, 9.17) is 0 Å². The number of hydrogen-bond acceptors (Lipinski definition) is 3. The molecule has 0 spiro atoms. The van der Waals surface area contributed by atoms with Crippen LogP contribution in [0.5, 0.6) is 0 Å². The van der Waals surface area contributed by atoms with Crippen molar-refractivity contribution in [1.82, 2.24) is 14.9 Å². The van der Waals surface area contributed by atoms with Gasteiger partial charge >= 0.3 is 0 Å². The predicted octanol–water partition coefficient (Wildman–Crippen LogP) is 3.79. The fourth-order valence-electron chi connectivity index (χ4n) is 3.41. The Hall–Kier alpha value is -2.82. The van der Waals surface area contributed by atoms with E-state index >= 15 is 0 Å². The molecular formula is C20H18FN3O. The molecule has 4 nitrogen and oxygen atoms in total. The average molecular weight is 335 g/mol. The highest BCUT2D eigenvalue weighted by molar-refractivity contribution is 5.94. The molecule has 1 amide bonds. The molecule has 3 aromatic rings. The Balaban J connectivity index is 1.58. The highest BCUT2D eigenvalue weighted by atomic mass is 19.1. The van der Waals surface area contributed by atoms with E-state index in [2.05, 4.69) is 9.97 Å². The molecular weight excluding hydrogens is 317 g/mol. The van der Waals surface area contributed by atoms with Crippen molar-refractivity contribution in [2.75, 3.05) is 13.1 Å². The van der Waals surface area contributed by atoms with Crippen LogP contribution in [0.4, 0.5) is 4.39 Å². The van der Waals surface area contributed by atoms with Crippen molar-refractivity contribution in [2.45, 2.75) is 18.8 Å². The summed E-state index contributed by atoms with van der Waals surface area (Å²) >= 11 is 0. The first-order chi connectivity index (χ1) is 12.2. The third-order valence-electron chi connectivity index (χ3n) is 4.74. The van der Waals surface area contributed by atoms with E-state index in [9.17, 15) is 9.18 Å². The van der Waals surface area contributed by atoms with Gasteiger partial charge in [0.25, 0.3) is 5.91 Å². The molecule has 0 N–H and O–H groups in total. The fraction of sp³-hybridized carbons (Fsp3) is 0.250. The Morgan fingerprint density at radius 2 is 2.04 bits per heavy atom. The van der Waals surface area contributed by atoms with E-state index in [1.165, 1.54) is 6.07 Å². The second kappa shape index (κ2) is 6.59. The Morgan fingerprint density at radius 1 is 1.16 bits per heavy atom. The number of hydrogen-bond donors (Lipinski definition) is 0. The standard InChI is InChI=1S/C20H18FN3O/c21-17-8-2-1-7-16(17)20(25)24-10-4-6-15(13-24)19-11-18-14(12-23-19)5-3-9-22-18/h1-3,5,7-9,11-12,15H,4,6,10,13H2/t15-/m0/s1. The van der Waals surface area contributed by atoms with Crippen LogP contribution in [0.3, 0.4) is 0 Å². The summed E-state index contributed by atoms with van der Waals surface area (Å²) in [5.41, 5.74) is 1.98. The van der Waals surface area contributed by atoms with Crippen LogP contribution in [0.25, 0.3) is 10.9 Å². The topological polar surface area (TPSA) is 46.1 Å². The van der Waals surface area contributed by atoms with Gasteiger partial charge in [0.05, 0.1) is 11.1 Å². The zero-order valence-electron chi connectivity index (χ0n) is 13.7. The summed E-state index contributed by atoms with van der Waals surface area (Å²) in [5.74, 6) is -0.569. The Morgan fingerprint density at radius 3 is 2.92 bits per heavy atom. The summed E-state index contributed by atoms with van der Waals surface area (Å²) in [6.07, 6.45) is 5.44. The van der Waals surface area contributed by atoms with Crippen molar-refractivity contribution in [2.24, 2.45) is 0 Å². The van der Waals surface area contributed by atoms with Gasteiger partial charge in [-0.2, -0.15) is 0 Å². The summed E-state index contributed by atoms with van der Waals surface area (Å²) in [5, 5.41) is 1.00. The maximum Gasteiger partial charge on any atom is 0.256 e. The van der Waals surface area contributed by atoms with Crippen molar-refractivity contribution in [3.05, 3.63) is 71.9 Å². The molecule has 1 fully saturated rings. The lowest BCUT2D eigenvalue weighted by Crippen LogP contribution is -2.39. The Kier molecular flexibility index (Phi) is 4.14. The minimum Gasteiger partial charge on any atom is -0.338 e. The number of aromatic nitrogens is 2. The molecule has 5 heteroatoms. The third-order valence-corrected chi connectivity index (χ3v) is 4.74. The first-order valence-corrected chi connectivity index (χ1v) is 8.47. The van der Waals surface area contributed by atoms with Gasteiger partial charge in [0.15, 0.2) is 0 Å². The molecule has 126 valence electrons. The molecule has 25 heavy (non-hydrogen) atoms. The van der Waals surface area contributed by atoms with E-state index in [-0.39, 0.29) is 17.4 Å². The van der Waals surface area contributed by atoms with E-state index in [1.807, 2.05) is 24.4 Å². The summed E-state index contributed by atoms with van der Waals surface area (Å²) in [6, 6.07) is 12.0. The number of rotatable bonds is 2. The molecule has 0 aliphatic carbocycles. The lowest BCUT2D eigenvalue weighted by atomic mass is 9.93. The molecule has 1 aliphatic rings. The molecule has 0 unspecified atom stereocenters. The fourth-order valence-corrected chi connectivity index (χ4v) is 3.41. The van der Waals surface area contributed by atoms with Crippen molar-refractivity contribution < 1.29 is 9.18 Å². The maximum absolute atomic E-state index is 13.9. The quantitative estimate of drug-likeness (QED) is 0.716. The van der Waals surface area contributed by atoms with E-state index in [0.29, 0.717) is 13.1 Å². The van der Waals surface area contributed by atoms with Crippen LogP contribution in [0.15, 0.2) is 54.9 Å². The number of likely N-dealkylation sites (tertiary alicyclic amines) is 1. The second-order valence-corrected chi connectivity index (χ2v) is 6.38. The van der Waals surface area contributed by atoms with E-state index in [0.717, 1.165) is 29.4 Å². The maximum atomic E-state index is 13.9. The van der Waals surface area contributed by atoms with Crippen LogP contribution in [-0.4, -0.2) is 33.9 Å². The first kappa shape index (κ1) is 15.7. The van der Waals surface area contributed by atoms with Gasteiger partial charge in [0.1, 0.15) is 5.82 Å². The van der Waals surface area contributed by atoms with Crippen LogP contribution in [-0.2, 0) is 0 Å². The van der Waals surface area contributed by atoms with Gasteiger partial charge in [-0.05, 0) is 43.2 Å². The highest BCUT2D eigenvalue weighted by Crippen LogP contribution is 2.28. The second-order valence-electron chi connectivity index (χ2n) is 6.38. The minimum absolute atomic E-state index is 0.135. The molecule has 0 radical (unpaired) electrons. The minimum atomic E-state index is -0.470. The van der Waals surface area contributed by atoms with Gasteiger partial charge in [-0.15, -0.1) is 0 Å². The molecule has 1 aromatic carbocycles. The summed E-state index contributed by atoms with van der Waals surface area (Å²) in [7, 11) is 0. The predicted molar refractivity (Wildman–Crippen MR) is 93.8 cm³/mol. The van der Waals surface area contributed by atoms with Gasteiger partial charge in [0, 0.05) is 42.5 Å². The number of carbonyl (C=O) groups excluding carboxylic acids is 1. The van der Waals surface area contributed by atoms with Crippen LogP contribution >= 0.6 is 0 Å². The Bertz CT molecular complexity index is 927. The molecule has 1 saturated heterocycles. The zero-order valence-corrected chi connectivity index (χ0v) is 13.7. The molecule has 3 heterocycles. The molecule has 1 aliphatic heterocycles. The van der Waals surface area contributed by atoms with Crippen molar-refractivity contribution in [3.63, 3.8) is 0 Å². The molecule has 2 aromatic heterocycles. The molecule has 0 bridgehead atoms. The van der Waals surface area contributed by atoms with Crippen molar-refractivity contribution in [1.29, 1.82) is 0 Å². The van der Waals surface area contributed by atoms with Gasteiger partial charge in [-0.25, -0.2) is 4.39 Å². The average Bonchev–Trinajstić information content (AvgIpc) is 2.67. The highest BCUT2D eigenvalue weighted by Gasteiger charge is 2.27. The van der Waals surface area contributed by atoms with Crippen LogP contribution in [0.1, 0.15) is 34.8 Å². The summed E-state index contributed by atoms with van der Waals surface area (Å²) in [4.78, 5) is 23.3. The SMILES string of the molecule is O=C(c1ccccc1F)N1CCC[C@H](c2cc3ncccc3cn2)C1. The van der Waals surface area contributed by atoms with Gasteiger partial charge in [-0.1, -0.05) is 12.1 Å². The monoisotopic (exact) mass is 335 g/mol. The number of amides is 1. The molecule has 0 saturated carbocycles. The molecule has 4 rings (SSSR count). The van der Waals surface area contributed by atoms with Gasteiger partial charge < -0.3 is 4.90 Å². The Labute approximate surface area is 145 Å². The number of benzene rings is 1. The van der Waals surface area contributed by atoms with E-state index in [1.54, 1.807) is 29.3 Å². The number of piperidine rings is 1. The van der Waals surface area contributed by atoms with Crippen LogP contribution in [0, 0.1) is 5.82 Å². The number of halogens is 1. The smallest absolute Gasteiger partial charge is 0.256 e. The lowest BCUT2D eigenvalue weighted by Gasteiger charge is -2.32. The summed E-state index contributed by atoms with van der Waals surface area (Å²) in [6.45, 7) is 1.20. The van der Waals surface area contributed by atoms with Crippen LogP contribution in [0.2, 0.25) is 0 Å². The first-order valence-electron chi connectivity index (χ1n) is 8.47. The number of nitrogens with zero attached hydrogens (tertiary/aromatic N) is 3. The summed E-state index contributed by atoms with van der Waals surface area (Å²) < 4.78 is 13.9. The lowest BCUT2D eigenvalue weighted by molar-refractivity contribution is 0.0701. The largest absolute Gasteiger partial charge is 0.338 e. The van der Waals surface area contributed by atoms with Crippen molar-refractivity contribution in [3.8, 4) is 0 Å². The number of carbonyl (C=O) groups is 1. The van der Waals surface area contributed by atoms with Crippen molar-refractivity contribution >= 4 is 16.8 Å². The zero-order chi connectivity index (χ0) is 17.2. The molecule has 1 atom stereocenters. The normalized spacial score (nSPS) is 17.6. The number of fused-ring (bicyclic) bond motifs is 1. The van der Waals surface area contributed by atoms with Crippen LogP contribution < -0.4 is 0 Å². The van der Waals surface area contributed by atoms with E-state index < -0.39 is 5.82 Å². The van der Waals surface area contributed by atoms with Gasteiger partial charge in [0.2, 0.25) is 0 Å². The third kappa shape index (κ3) is 3.09.